The second-order valence-electron chi connectivity index (χ2n) is 4.91. The molecule has 1 N–H and O–H groups in total. The molecular weight excluding hydrogens is 198 g/mol. The zero-order valence-corrected chi connectivity index (χ0v) is 10.2. The van der Waals surface area contributed by atoms with Crippen LogP contribution in [0.3, 0.4) is 0 Å². The second-order valence-corrected chi connectivity index (χ2v) is 4.91. The van der Waals surface area contributed by atoms with E-state index in [0.29, 0.717) is 6.04 Å². The van der Waals surface area contributed by atoms with Crippen LogP contribution in [0.2, 0.25) is 0 Å². The highest BCUT2D eigenvalue weighted by atomic mass is 16.3. The molecule has 0 aromatic carbocycles. The zero-order valence-electron chi connectivity index (χ0n) is 10.2. The molecule has 0 amide bonds. The van der Waals surface area contributed by atoms with Gasteiger partial charge in [0.05, 0.1) is 6.26 Å². The van der Waals surface area contributed by atoms with Crippen molar-refractivity contribution in [2.45, 2.75) is 51.5 Å². The van der Waals surface area contributed by atoms with Crippen LogP contribution in [0, 0.1) is 5.92 Å². The van der Waals surface area contributed by atoms with Crippen molar-refractivity contribution < 1.29 is 4.42 Å². The molecule has 0 spiro atoms. The van der Waals surface area contributed by atoms with E-state index in [4.69, 9.17) is 4.42 Å². The summed E-state index contributed by atoms with van der Waals surface area (Å²) in [6, 6.07) is 4.73. The number of hydrogen-bond acceptors (Lipinski definition) is 2. The fraction of sp³-hybridized carbons (Fsp3) is 0.714. The molecule has 1 atom stereocenters. The molecule has 1 aliphatic rings. The van der Waals surface area contributed by atoms with E-state index in [2.05, 4.69) is 18.3 Å². The van der Waals surface area contributed by atoms with Gasteiger partial charge >= 0.3 is 0 Å². The normalized spacial score (nSPS) is 18.3. The third-order valence-corrected chi connectivity index (χ3v) is 3.65. The van der Waals surface area contributed by atoms with Gasteiger partial charge in [0, 0.05) is 12.5 Å². The maximum atomic E-state index is 5.38. The minimum Gasteiger partial charge on any atom is -0.469 e. The van der Waals surface area contributed by atoms with Crippen LogP contribution >= 0.6 is 0 Å². The van der Waals surface area contributed by atoms with Gasteiger partial charge in [0.15, 0.2) is 0 Å². The quantitative estimate of drug-likeness (QED) is 0.763. The molecule has 0 bridgehead atoms. The van der Waals surface area contributed by atoms with Crippen molar-refractivity contribution in [3.63, 3.8) is 0 Å². The summed E-state index contributed by atoms with van der Waals surface area (Å²) in [6.07, 6.45) is 9.74. The lowest BCUT2D eigenvalue weighted by atomic mass is 9.80. The van der Waals surface area contributed by atoms with Crippen molar-refractivity contribution in [2.24, 2.45) is 5.92 Å². The lowest BCUT2D eigenvalue weighted by molar-refractivity contribution is 0.254. The third kappa shape index (κ3) is 3.38. The largest absolute Gasteiger partial charge is 0.469 e. The average molecular weight is 221 g/mol. The minimum atomic E-state index is 0.681. The first-order valence-electron chi connectivity index (χ1n) is 6.64. The van der Waals surface area contributed by atoms with Gasteiger partial charge in [-0.3, -0.25) is 0 Å². The van der Waals surface area contributed by atoms with Gasteiger partial charge in [0.25, 0.3) is 0 Å². The van der Waals surface area contributed by atoms with Crippen LogP contribution in [-0.2, 0) is 6.42 Å². The van der Waals surface area contributed by atoms with Crippen molar-refractivity contribution >= 4 is 0 Å². The van der Waals surface area contributed by atoms with E-state index in [1.165, 1.54) is 32.1 Å². The fourth-order valence-electron chi connectivity index (χ4n) is 2.49. The van der Waals surface area contributed by atoms with Gasteiger partial charge in [-0.1, -0.05) is 26.2 Å². The third-order valence-electron chi connectivity index (χ3n) is 3.65. The smallest absolute Gasteiger partial charge is 0.103 e. The molecule has 2 rings (SSSR count). The van der Waals surface area contributed by atoms with Crippen LogP contribution in [0.4, 0.5) is 0 Å². The Bertz CT molecular complexity index is 277. The number of rotatable bonds is 7. The summed E-state index contributed by atoms with van der Waals surface area (Å²) < 4.78 is 5.38. The summed E-state index contributed by atoms with van der Waals surface area (Å²) in [7, 11) is 0. The number of furan rings is 1. The molecular formula is C14H23NO. The summed E-state index contributed by atoms with van der Waals surface area (Å²) in [6.45, 7) is 3.27. The Hall–Kier alpha value is -0.760. The SMILES string of the molecule is CCNC(CCc1ccco1)CC1CCC1. The van der Waals surface area contributed by atoms with Gasteiger partial charge in [-0.25, -0.2) is 0 Å². The molecule has 16 heavy (non-hydrogen) atoms. The van der Waals surface area contributed by atoms with Crippen molar-refractivity contribution in [3.8, 4) is 0 Å². The molecule has 1 unspecified atom stereocenters. The van der Waals surface area contributed by atoms with Gasteiger partial charge in [-0.15, -0.1) is 0 Å². The molecule has 1 aliphatic carbocycles. The van der Waals surface area contributed by atoms with Crippen LogP contribution in [-0.4, -0.2) is 12.6 Å². The Balaban J connectivity index is 1.72. The van der Waals surface area contributed by atoms with Crippen LogP contribution in [0.15, 0.2) is 22.8 Å². The second kappa shape index (κ2) is 6.09. The first-order chi connectivity index (χ1) is 7.88. The van der Waals surface area contributed by atoms with Gasteiger partial charge in [0.1, 0.15) is 5.76 Å². The first kappa shape index (κ1) is 11.7. The lowest BCUT2D eigenvalue weighted by Crippen LogP contribution is -2.33. The summed E-state index contributed by atoms with van der Waals surface area (Å²) in [5.41, 5.74) is 0. The molecule has 1 aromatic heterocycles. The van der Waals surface area contributed by atoms with Crippen LogP contribution in [0.25, 0.3) is 0 Å². The van der Waals surface area contributed by atoms with Crippen LogP contribution in [0.5, 0.6) is 0 Å². The van der Waals surface area contributed by atoms with Gasteiger partial charge in [0.2, 0.25) is 0 Å². The first-order valence-corrected chi connectivity index (χ1v) is 6.64. The zero-order chi connectivity index (χ0) is 11.2. The highest BCUT2D eigenvalue weighted by molar-refractivity contribution is 4.98. The minimum absolute atomic E-state index is 0.681. The predicted molar refractivity (Wildman–Crippen MR) is 66.5 cm³/mol. The van der Waals surface area contributed by atoms with E-state index in [1.807, 2.05) is 6.07 Å². The standard InChI is InChI=1S/C14H23NO/c1-2-15-13(11-12-5-3-6-12)8-9-14-7-4-10-16-14/h4,7,10,12-13,15H,2-3,5-6,8-9,11H2,1H3. The number of hydrogen-bond donors (Lipinski definition) is 1. The van der Waals surface area contributed by atoms with E-state index in [9.17, 15) is 0 Å². The molecule has 0 saturated heterocycles. The van der Waals surface area contributed by atoms with Crippen molar-refractivity contribution in [1.29, 1.82) is 0 Å². The Morgan fingerprint density at radius 1 is 1.50 bits per heavy atom. The molecule has 90 valence electrons. The highest BCUT2D eigenvalue weighted by Crippen LogP contribution is 2.31. The summed E-state index contributed by atoms with van der Waals surface area (Å²) in [5, 5.41) is 3.60. The molecule has 2 heteroatoms. The number of aryl methyl sites for hydroxylation is 1. The Morgan fingerprint density at radius 2 is 2.38 bits per heavy atom. The van der Waals surface area contributed by atoms with Crippen molar-refractivity contribution in [1.82, 2.24) is 5.32 Å². The Kier molecular flexibility index (Phi) is 4.46. The lowest BCUT2D eigenvalue weighted by Gasteiger charge is -2.30. The fourth-order valence-corrected chi connectivity index (χ4v) is 2.49. The summed E-state index contributed by atoms with van der Waals surface area (Å²) >= 11 is 0. The van der Waals surface area contributed by atoms with E-state index in [0.717, 1.165) is 24.6 Å². The Labute approximate surface area is 98.4 Å². The molecule has 1 fully saturated rings. The molecule has 0 radical (unpaired) electrons. The monoisotopic (exact) mass is 221 g/mol. The molecule has 0 aliphatic heterocycles. The van der Waals surface area contributed by atoms with E-state index < -0.39 is 0 Å². The molecule has 2 nitrogen and oxygen atoms in total. The van der Waals surface area contributed by atoms with E-state index in [-0.39, 0.29) is 0 Å². The van der Waals surface area contributed by atoms with Crippen LogP contribution < -0.4 is 5.32 Å². The Morgan fingerprint density at radius 3 is 2.94 bits per heavy atom. The van der Waals surface area contributed by atoms with Crippen molar-refractivity contribution in [2.75, 3.05) is 6.54 Å². The molecule has 1 saturated carbocycles. The topological polar surface area (TPSA) is 25.2 Å². The van der Waals surface area contributed by atoms with Crippen LogP contribution in [0.1, 0.15) is 44.8 Å². The van der Waals surface area contributed by atoms with Crippen molar-refractivity contribution in [3.05, 3.63) is 24.2 Å². The highest BCUT2D eigenvalue weighted by Gasteiger charge is 2.21. The summed E-state index contributed by atoms with van der Waals surface area (Å²) in [5.74, 6) is 2.11. The molecule has 1 aromatic rings. The maximum absolute atomic E-state index is 5.38. The predicted octanol–water partition coefficient (Wildman–Crippen LogP) is 3.38. The summed E-state index contributed by atoms with van der Waals surface area (Å²) in [4.78, 5) is 0. The van der Waals surface area contributed by atoms with Gasteiger partial charge in [-0.2, -0.15) is 0 Å². The van der Waals surface area contributed by atoms with E-state index in [1.54, 1.807) is 6.26 Å². The maximum Gasteiger partial charge on any atom is 0.103 e. The molecule has 1 heterocycles. The number of nitrogens with one attached hydrogen (secondary N) is 1. The van der Waals surface area contributed by atoms with Gasteiger partial charge in [-0.05, 0) is 37.4 Å². The van der Waals surface area contributed by atoms with Gasteiger partial charge < -0.3 is 9.73 Å². The van der Waals surface area contributed by atoms with E-state index >= 15 is 0 Å². The average Bonchev–Trinajstić information content (AvgIpc) is 2.72.